The number of benzene rings is 1. The van der Waals surface area contributed by atoms with Crippen molar-refractivity contribution >= 4 is 17.5 Å². The monoisotopic (exact) mass is 316 g/mol. The van der Waals surface area contributed by atoms with E-state index in [0.717, 1.165) is 23.1 Å². The Balaban J connectivity index is 2.08. The van der Waals surface area contributed by atoms with Crippen LogP contribution in [0, 0.1) is 5.92 Å². The number of aliphatic carboxylic acids is 1. The molecule has 2 N–H and O–H groups in total. The van der Waals surface area contributed by atoms with Crippen LogP contribution in [0.2, 0.25) is 0 Å². The predicted molar refractivity (Wildman–Crippen MR) is 87.0 cm³/mol. The zero-order chi connectivity index (χ0) is 15.7. The van der Waals surface area contributed by atoms with Crippen molar-refractivity contribution in [2.45, 2.75) is 38.3 Å². The Kier molecular flexibility index (Phi) is 4.27. The molecular weight excluding hydrogens is 296 g/mol. The summed E-state index contributed by atoms with van der Waals surface area (Å²) in [6, 6.07) is 7.86. The highest BCUT2D eigenvalue weighted by Crippen LogP contribution is 2.43. The second-order valence-electron chi connectivity index (χ2n) is 6.23. The first kappa shape index (κ1) is 15.2. The summed E-state index contributed by atoms with van der Waals surface area (Å²) >= 11 is 1.36. The van der Waals surface area contributed by atoms with Crippen molar-refractivity contribution in [1.29, 1.82) is 0 Å². The van der Waals surface area contributed by atoms with Gasteiger partial charge in [0, 0.05) is 23.2 Å². The number of hydrogen-bond acceptors (Lipinski definition) is 4. The van der Waals surface area contributed by atoms with Crippen molar-refractivity contribution < 1.29 is 9.90 Å². The molecule has 1 aliphatic rings. The van der Waals surface area contributed by atoms with Crippen LogP contribution in [0.1, 0.15) is 55.0 Å². The van der Waals surface area contributed by atoms with E-state index >= 15 is 0 Å². The van der Waals surface area contributed by atoms with Crippen molar-refractivity contribution in [1.82, 2.24) is 9.69 Å². The third-order valence-electron chi connectivity index (χ3n) is 4.20. The van der Waals surface area contributed by atoms with Gasteiger partial charge in [-0.15, -0.1) is 0 Å². The Labute approximate surface area is 134 Å². The summed E-state index contributed by atoms with van der Waals surface area (Å²) in [5.41, 5.74) is 3.00. The maximum atomic E-state index is 11.9. The zero-order valence-electron chi connectivity index (χ0n) is 12.7. The van der Waals surface area contributed by atoms with Crippen molar-refractivity contribution in [2.24, 2.45) is 5.92 Å². The highest BCUT2D eigenvalue weighted by molar-refractivity contribution is 7.03. The number of carboxylic acid groups (broad SMARTS) is 1. The molecule has 1 aromatic heterocycles. The van der Waals surface area contributed by atoms with Crippen LogP contribution in [0.15, 0.2) is 35.8 Å². The molecule has 3 atom stereocenters. The lowest BCUT2D eigenvalue weighted by atomic mass is 9.78. The van der Waals surface area contributed by atoms with Gasteiger partial charge in [-0.05, 0) is 35.0 Å². The lowest BCUT2D eigenvalue weighted by Crippen LogP contribution is -2.40. The number of carboxylic acids is 1. The minimum absolute atomic E-state index is 0.178. The van der Waals surface area contributed by atoms with Crippen LogP contribution in [0.3, 0.4) is 0 Å². The molecule has 0 radical (unpaired) electrons. The van der Waals surface area contributed by atoms with Crippen molar-refractivity contribution in [3.63, 3.8) is 0 Å². The Hall–Kier alpha value is -1.72. The fraction of sp³-hybridized carbons (Fsp3) is 0.412. The molecule has 116 valence electrons. The normalized spacial score (nSPS) is 24.2. The standard InChI is InChI=1S/C17H20N2O2S/c1-10(2)7-14-12-5-3-4-6-13(12)15(17(20)21)16(19-14)11-8-18-22-9-11/h3-6,8-10,14-16,19H,7H2,1-2H3,(H,20,21). The fourth-order valence-electron chi connectivity index (χ4n) is 3.29. The van der Waals surface area contributed by atoms with Gasteiger partial charge in [-0.3, -0.25) is 4.79 Å². The SMILES string of the molecule is CC(C)CC1NC(c2cnsc2)C(C(=O)O)c2ccccc21. The Bertz CT molecular complexity index is 654. The van der Waals surface area contributed by atoms with E-state index in [9.17, 15) is 9.90 Å². The molecule has 0 aliphatic carbocycles. The van der Waals surface area contributed by atoms with E-state index in [4.69, 9.17) is 0 Å². The van der Waals surface area contributed by atoms with Crippen LogP contribution >= 0.6 is 11.5 Å². The molecule has 3 unspecified atom stereocenters. The average molecular weight is 316 g/mol. The number of fused-ring (bicyclic) bond motifs is 1. The highest BCUT2D eigenvalue weighted by Gasteiger charge is 2.39. The number of nitrogens with one attached hydrogen (secondary N) is 1. The zero-order valence-corrected chi connectivity index (χ0v) is 13.5. The summed E-state index contributed by atoms with van der Waals surface area (Å²) in [4.78, 5) is 11.9. The van der Waals surface area contributed by atoms with E-state index in [2.05, 4.69) is 23.5 Å². The molecule has 5 heteroatoms. The molecule has 22 heavy (non-hydrogen) atoms. The molecule has 1 aromatic carbocycles. The number of rotatable bonds is 4. The summed E-state index contributed by atoms with van der Waals surface area (Å²) in [5, 5.41) is 15.3. The molecule has 0 saturated carbocycles. The van der Waals surface area contributed by atoms with Crippen LogP contribution in [0.4, 0.5) is 0 Å². The van der Waals surface area contributed by atoms with E-state index in [0.29, 0.717) is 5.92 Å². The lowest BCUT2D eigenvalue weighted by molar-refractivity contribution is -0.140. The second-order valence-corrected chi connectivity index (χ2v) is 6.89. The third-order valence-corrected chi connectivity index (χ3v) is 4.81. The second kappa shape index (κ2) is 6.18. The molecule has 0 spiro atoms. The van der Waals surface area contributed by atoms with Gasteiger partial charge in [-0.1, -0.05) is 38.1 Å². The maximum Gasteiger partial charge on any atom is 0.312 e. The van der Waals surface area contributed by atoms with E-state index in [1.807, 2.05) is 29.6 Å². The van der Waals surface area contributed by atoms with Gasteiger partial charge < -0.3 is 10.4 Å². The van der Waals surface area contributed by atoms with Crippen molar-refractivity contribution in [3.05, 3.63) is 52.5 Å². The smallest absolute Gasteiger partial charge is 0.312 e. The molecule has 1 aliphatic heterocycles. The minimum atomic E-state index is -0.792. The molecule has 3 rings (SSSR count). The van der Waals surface area contributed by atoms with Gasteiger partial charge in [-0.25, -0.2) is 4.37 Å². The van der Waals surface area contributed by atoms with Gasteiger partial charge >= 0.3 is 5.97 Å². The first-order valence-corrected chi connectivity index (χ1v) is 8.38. The van der Waals surface area contributed by atoms with Crippen molar-refractivity contribution in [3.8, 4) is 0 Å². The quantitative estimate of drug-likeness (QED) is 0.902. The van der Waals surface area contributed by atoms with Crippen LogP contribution < -0.4 is 5.32 Å². The van der Waals surface area contributed by atoms with Crippen LogP contribution in [-0.2, 0) is 4.79 Å². The Morgan fingerprint density at radius 1 is 1.36 bits per heavy atom. The van der Waals surface area contributed by atoms with Crippen LogP contribution in [0.25, 0.3) is 0 Å². The topological polar surface area (TPSA) is 62.2 Å². The molecule has 2 heterocycles. The number of hydrogen-bond donors (Lipinski definition) is 2. The van der Waals surface area contributed by atoms with E-state index < -0.39 is 11.9 Å². The molecule has 4 nitrogen and oxygen atoms in total. The van der Waals surface area contributed by atoms with E-state index in [1.165, 1.54) is 11.5 Å². The third kappa shape index (κ3) is 2.78. The molecule has 0 saturated heterocycles. The number of carbonyl (C=O) groups is 1. The summed E-state index contributed by atoms with van der Waals surface area (Å²) in [7, 11) is 0. The number of aromatic nitrogens is 1. The van der Waals surface area contributed by atoms with Gasteiger partial charge in [0.15, 0.2) is 0 Å². The molecule has 0 amide bonds. The largest absolute Gasteiger partial charge is 0.481 e. The first-order valence-electron chi connectivity index (χ1n) is 7.55. The fourth-order valence-corrected chi connectivity index (χ4v) is 3.86. The Morgan fingerprint density at radius 3 is 2.68 bits per heavy atom. The van der Waals surface area contributed by atoms with E-state index in [1.54, 1.807) is 6.20 Å². The van der Waals surface area contributed by atoms with Gasteiger partial charge in [0.25, 0.3) is 0 Å². The van der Waals surface area contributed by atoms with Gasteiger partial charge in [-0.2, -0.15) is 0 Å². The summed E-state index contributed by atoms with van der Waals surface area (Å²) in [6.45, 7) is 4.38. The number of nitrogens with zero attached hydrogens (tertiary/aromatic N) is 1. The molecule has 0 fully saturated rings. The first-order chi connectivity index (χ1) is 10.6. The van der Waals surface area contributed by atoms with Crippen LogP contribution in [0.5, 0.6) is 0 Å². The lowest BCUT2D eigenvalue weighted by Gasteiger charge is -2.38. The highest BCUT2D eigenvalue weighted by atomic mass is 32.1. The minimum Gasteiger partial charge on any atom is -0.481 e. The van der Waals surface area contributed by atoms with Crippen molar-refractivity contribution in [2.75, 3.05) is 0 Å². The van der Waals surface area contributed by atoms with Gasteiger partial charge in [0.1, 0.15) is 5.92 Å². The van der Waals surface area contributed by atoms with Gasteiger partial charge in [0.2, 0.25) is 0 Å². The predicted octanol–water partition coefficient (Wildman–Crippen LogP) is 3.74. The average Bonchev–Trinajstić information content (AvgIpc) is 3.00. The van der Waals surface area contributed by atoms with Crippen LogP contribution in [-0.4, -0.2) is 15.4 Å². The summed E-state index contributed by atoms with van der Waals surface area (Å²) < 4.78 is 4.14. The maximum absolute atomic E-state index is 11.9. The molecule has 2 aromatic rings. The van der Waals surface area contributed by atoms with E-state index in [-0.39, 0.29) is 12.1 Å². The summed E-state index contributed by atoms with van der Waals surface area (Å²) in [6.07, 6.45) is 2.76. The molecular formula is C17H20N2O2S. The molecule has 0 bridgehead atoms. The van der Waals surface area contributed by atoms with Gasteiger partial charge in [0.05, 0.1) is 6.04 Å². The summed E-state index contributed by atoms with van der Waals surface area (Å²) in [5.74, 6) is -0.830. The Morgan fingerprint density at radius 2 is 2.09 bits per heavy atom.